The standard InChI is InChI=1S/C24H32N6O2/c1-23(2)11-18(12-24(3,4)28-23)29(5)22-9-8-20(26-27-22)19-7-6-17(10-21(19)32)30-14-16(15-31)13-25-30/h6-10,13-14,18,28,31-32H,11-12,15H2,1-5H3. The average Bonchev–Trinajstić information content (AvgIpc) is 3.20. The van der Waals surface area contributed by atoms with Crippen molar-refractivity contribution in [2.45, 2.75) is 64.3 Å². The van der Waals surface area contributed by atoms with Gasteiger partial charge in [-0.25, -0.2) is 4.68 Å². The molecule has 3 heterocycles. The summed E-state index contributed by atoms with van der Waals surface area (Å²) in [6.07, 6.45) is 5.35. The number of hydrogen-bond acceptors (Lipinski definition) is 7. The van der Waals surface area contributed by atoms with E-state index in [1.54, 1.807) is 29.2 Å². The molecule has 3 aromatic rings. The normalized spacial score (nSPS) is 17.9. The summed E-state index contributed by atoms with van der Waals surface area (Å²) in [4.78, 5) is 2.21. The molecule has 0 unspecified atom stereocenters. The average molecular weight is 437 g/mol. The van der Waals surface area contributed by atoms with Crippen LogP contribution in [0.4, 0.5) is 5.82 Å². The molecule has 0 bridgehead atoms. The fourth-order valence-electron chi connectivity index (χ4n) is 4.85. The summed E-state index contributed by atoms with van der Waals surface area (Å²) in [6.45, 7) is 8.88. The zero-order chi connectivity index (χ0) is 23.1. The van der Waals surface area contributed by atoms with Crippen LogP contribution in [-0.4, -0.2) is 54.4 Å². The van der Waals surface area contributed by atoms with Gasteiger partial charge in [0.2, 0.25) is 0 Å². The van der Waals surface area contributed by atoms with Crippen molar-refractivity contribution in [3.8, 4) is 22.7 Å². The minimum atomic E-state index is -0.0766. The van der Waals surface area contributed by atoms with Gasteiger partial charge in [-0.05, 0) is 64.8 Å². The molecule has 8 nitrogen and oxygen atoms in total. The number of phenols is 1. The summed E-state index contributed by atoms with van der Waals surface area (Å²) in [5.41, 5.74) is 2.72. The maximum absolute atomic E-state index is 10.6. The van der Waals surface area contributed by atoms with E-state index in [2.05, 4.69) is 60.3 Å². The third kappa shape index (κ3) is 4.61. The molecule has 1 aliphatic heterocycles. The zero-order valence-corrected chi connectivity index (χ0v) is 19.4. The van der Waals surface area contributed by atoms with Crippen molar-refractivity contribution in [3.05, 3.63) is 48.3 Å². The van der Waals surface area contributed by atoms with Crippen molar-refractivity contribution in [2.75, 3.05) is 11.9 Å². The van der Waals surface area contributed by atoms with Crippen LogP contribution in [0.15, 0.2) is 42.7 Å². The molecule has 1 aliphatic rings. The summed E-state index contributed by atoms with van der Waals surface area (Å²) in [5.74, 6) is 0.914. The van der Waals surface area contributed by atoms with Crippen molar-refractivity contribution < 1.29 is 10.2 Å². The van der Waals surface area contributed by atoms with Crippen LogP contribution in [0.3, 0.4) is 0 Å². The van der Waals surface area contributed by atoms with Crippen molar-refractivity contribution in [1.82, 2.24) is 25.3 Å². The molecule has 1 fully saturated rings. The lowest BCUT2D eigenvalue weighted by molar-refractivity contribution is 0.160. The third-order valence-corrected chi connectivity index (χ3v) is 6.07. The van der Waals surface area contributed by atoms with E-state index in [9.17, 15) is 10.2 Å². The van der Waals surface area contributed by atoms with E-state index in [-0.39, 0.29) is 23.4 Å². The van der Waals surface area contributed by atoms with E-state index in [4.69, 9.17) is 0 Å². The SMILES string of the molecule is CN(c1ccc(-c2ccc(-n3cc(CO)cn3)cc2O)nn1)C1CC(C)(C)NC(C)(C)C1. The number of aromatic nitrogens is 4. The van der Waals surface area contributed by atoms with Gasteiger partial charge in [-0.15, -0.1) is 10.2 Å². The number of aliphatic hydroxyl groups excluding tert-OH is 1. The van der Waals surface area contributed by atoms with E-state index < -0.39 is 0 Å². The molecule has 0 atom stereocenters. The minimum absolute atomic E-state index is 0.0497. The maximum Gasteiger partial charge on any atom is 0.151 e. The summed E-state index contributed by atoms with van der Waals surface area (Å²) in [5, 5.41) is 36.6. The van der Waals surface area contributed by atoms with Gasteiger partial charge < -0.3 is 20.4 Å². The summed E-state index contributed by atoms with van der Waals surface area (Å²) < 4.78 is 1.61. The van der Waals surface area contributed by atoms with Crippen LogP contribution in [0.25, 0.3) is 16.9 Å². The first-order chi connectivity index (χ1) is 15.1. The van der Waals surface area contributed by atoms with Gasteiger partial charge in [0.05, 0.1) is 24.2 Å². The number of nitrogens with one attached hydrogen (secondary N) is 1. The molecule has 2 aromatic heterocycles. The highest BCUT2D eigenvalue weighted by Crippen LogP contribution is 2.34. The van der Waals surface area contributed by atoms with Gasteiger partial charge in [0.25, 0.3) is 0 Å². The first-order valence-corrected chi connectivity index (χ1v) is 10.9. The highest BCUT2D eigenvalue weighted by Gasteiger charge is 2.39. The second kappa shape index (κ2) is 8.18. The molecular formula is C24H32N6O2. The lowest BCUT2D eigenvalue weighted by Crippen LogP contribution is -2.62. The molecular weight excluding hydrogens is 404 g/mol. The Hall–Kier alpha value is -2.97. The summed E-state index contributed by atoms with van der Waals surface area (Å²) in [7, 11) is 2.07. The number of rotatable bonds is 5. The smallest absolute Gasteiger partial charge is 0.151 e. The van der Waals surface area contributed by atoms with Crippen LogP contribution < -0.4 is 10.2 Å². The zero-order valence-electron chi connectivity index (χ0n) is 19.4. The van der Waals surface area contributed by atoms with Crippen molar-refractivity contribution in [2.24, 2.45) is 0 Å². The Morgan fingerprint density at radius 1 is 1.09 bits per heavy atom. The Morgan fingerprint density at radius 3 is 2.38 bits per heavy atom. The fourth-order valence-corrected chi connectivity index (χ4v) is 4.85. The maximum atomic E-state index is 10.6. The highest BCUT2D eigenvalue weighted by atomic mass is 16.3. The number of piperidine rings is 1. The van der Waals surface area contributed by atoms with Crippen LogP contribution in [0.2, 0.25) is 0 Å². The van der Waals surface area contributed by atoms with Crippen LogP contribution in [0.1, 0.15) is 46.1 Å². The molecule has 0 radical (unpaired) electrons. The van der Waals surface area contributed by atoms with Gasteiger partial charge in [0.15, 0.2) is 5.82 Å². The lowest BCUT2D eigenvalue weighted by Gasteiger charge is -2.49. The minimum Gasteiger partial charge on any atom is -0.507 e. The molecule has 8 heteroatoms. The topological polar surface area (TPSA) is 99.3 Å². The van der Waals surface area contributed by atoms with Crippen molar-refractivity contribution >= 4 is 5.82 Å². The first-order valence-electron chi connectivity index (χ1n) is 10.9. The molecule has 0 spiro atoms. The Kier molecular flexibility index (Phi) is 5.68. The van der Waals surface area contributed by atoms with Crippen LogP contribution >= 0.6 is 0 Å². The number of benzene rings is 1. The number of anilines is 1. The third-order valence-electron chi connectivity index (χ3n) is 6.07. The van der Waals surface area contributed by atoms with Crippen LogP contribution in [0, 0.1) is 0 Å². The Bertz CT molecular complexity index is 1070. The molecule has 32 heavy (non-hydrogen) atoms. The molecule has 0 aliphatic carbocycles. The van der Waals surface area contributed by atoms with E-state index in [0.717, 1.165) is 18.7 Å². The number of phenolic OH excluding ortho intramolecular Hbond substituents is 1. The molecule has 0 amide bonds. The van der Waals surface area contributed by atoms with Crippen LogP contribution in [0.5, 0.6) is 5.75 Å². The number of aliphatic hydroxyl groups is 1. The van der Waals surface area contributed by atoms with E-state index in [0.29, 0.717) is 28.6 Å². The van der Waals surface area contributed by atoms with Gasteiger partial charge in [0, 0.05) is 47.6 Å². The molecule has 1 aromatic carbocycles. The van der Waals surface area contributed by atoms with Crippen molar-refractivity contribution in [1.29, 1.82) is 0 Å². The predicted octanol–water partition coefficient (Wildman–Crippen LogP) is 3.27. The quantitative estimate of drug-likeness (QED) is 0.564. The Labute approximate surface area is 188 Å². The molecule has 0 saturated carbocycles. The largest absolute Gasteiger partial charge is 0.507 e. The second-order valence-corrected chi connectivity index (χ2v) is 10.00. The molecule has 4 rings (SSSR count). The molecule has 3 N–H and O–H groups in total. The molecule has 1 saturated heterocycles. The summed E-state index contributed by atoms with van der Waals surface area (Å²) >= 11 is 0. The molecule has 170 valence electrons. The van der Waals surface area contributed by atoms with Gasteiger partial charge in [0.1, 0.15) is 5.75 Å². The predicted molar refractivity (Wildman–Crippen MR) is 125 cm³/mol. The van der Waals surface area contributed by atoms with Gasteiger partial charge >= 0.3 is 0 Å². The van der Waals surface area contributed by atoms with E-state index in [1.165, 1.54) is 0 Å². The van der Waals surface area contributed by atoms with Crippen molar-refractivity contribution in [3.63, 3.8) is 0 Å². The second-order valence-electron chi connectivity index (χ2n) is 10.00. The van der Waals surface area contributed by atoms with E-state index >= 15 is 0 Å². The van der Waals surface area contributed by atoms with Crippen LogP contribution in [-0.2, 0) is 6.61 Å². The van der Waals surface area contributed by atoms with Gasteiger partial charge in [-0.1, -0.05) is 0 Å². The van der Waals surface area contributed by atoms with E-state index in [1.807, 2.05) is 18.2 Å². The lowest BCUT2D eigenvalue weighted by atomic mass is 9.79. The Balaban J connectivity index is 1.53. The van der Waals surface area contributed by atoms with Gasteiger partial charge in [-0.3, -0.25) is 0 Å². The number of hydrogen-bond donors (Lipinski definition) is 3. The number of nitrogens with zero attached hydrogens (tertiary/aromatic N) is 5. The first kappa shape index (κ1) is 22.2. The highest BCUT2D eigenvalue weighted by molar-refractivity contribution is 5.69. The monoisotopic (exact) mass is 436 g/mol. The Morgan fingerprint density at radius 2 is 1.81 bits per heavy atom. The fraction of sp³-hybridized carbons (Fsp3) is 0.458. The summed E-state index contributed by atoms with van der Waals surface area (Å²) in [6, 6.07) is 9.48. The number of aromatic hydroxyl groups is 1. The van der Waals surface area contributed by atoms with Gasteiger partial charge in [-0.2, -0.15) is 5.10 Å².